The van der Waals surface area contributed by atoms with Gasteiger partial charge in [0.25, 0.3) is 0 Å². The van der Waals surface area contributed by atoms with E-state index in [-0.39, 0.29) is 17.8 Å². The van der Waals surface area contributed by atoms with Gasteiger partial charge in [0.15, 0.2) is 5.78 Å². The highest BCUT2D eigenvalue weighted by atomic mass is 16.5. The molecule has 0 spiro atoms. The van der Waals surface area contributed by atoms with Crippen molar-refractivity contribution in [3.63, 3.8) is 0 Å². The van der Waals surface area contributed by atoms with E-state index in [1.807, 2.05) is 38.1 Å². The molecule has 1 aromatic carbocycles. The minimum atomic E-state index is -0.890. The summed E-state index contributed by atoms with van der Waals surface area (Å²) in [6, 6.07) is 8.05. The molecule has 0 saturated heterocycles. The van der Waals surface area contributed by atoms with E-state index >= 15 is 0 Å². The third-order valence-corrected chi connectivity index (χ3v) is 7.89. The zero-order valence-electron chi connectivity index (χ0n) is 22.1. The Morgan fingerprint density at radius 3 is 2.31 bits per heavy atom. The molecule has 1 heterocycles. The molecule has 1 N–H and O–H groups in total. The largest absolute Gasteiger partial charge is 0.468 e. The number of benzene rings is 1. The van der Waals surface area contributed by atoms with Crippen molar-refractivity contribution in [3.8, 4) is 0 Å². The number of carbonyl (C=O) groups excluding carboxylic acids is 3. The van der Waals surface area contributed by atoms with Crippen molar-refractivity contribution >= 4 is 23.4 Å². The highest BCUT2D eigenvalue weighted by Crippen LogP contribution is 2.46. The summed E-state index contributed by atoms with van der Waals surface area (Å²) in [7, 11) is 1.31. The molecule has 0 unspecified atom stereocenters. The van der Waals surface area contributed by atoms with Gasteiger partial charge in [-0.1, -0.05) is 19.1 Å². The summed E-state index contributed by atoms with van der Waals surface area (Å²) in [4.78, 5) is 42.3. The quantitative estimate of drug-likeness (QED) is 0.437. The van der Waals surface area contributed by atoms with Crippen molar-refractivity contribution in [1.29, 1.82) is 0 Å². The van der Waals surface area contributed by atoms with Crippen LogP contribution in [0.2, 0.25) is 0 Å². The summed E-state index contributed by atoms with van der Waals surface area (Å²) >= 11 is 0. The van der Waals surface area contributed by atoms with Gasteiger partial charge in [-0.3, -0.25) is 9.59 Å². The molecule has 1 aliphatic heterocycles. The Kier molecular flexibility index (Phi) is 7.86. The number of carbonyl (C=O) groups is 3. The van der Waals surface area contributed by atoms with Crippen LogP contribution in [0.5, 0.6) is 0 Å². The predicted molar refractivity (Wildman–Crippen MR) is 138 cm³/mol. The standard InChI is InChI=1S/C29H38N2O5/c1-6-31(7-2)20-14-12-19(13-15-20)25-24(29(34)36-21-10-8-9-11-21)18(4)30-22-16-17(3)23(28(33)35-5)27(32)26(22)25/h12-15,17,21,23,25,30H,6-11,16H2,1-5H3/t17-,23-,25-/m1/s1. The van der Waals surface area contributed by atoms with E-state index in [4.69, 9.17) is 9.47 Å². The predicted octanol–water partition coefficient (Wildman–Crippen LogP) is 4.63. The Hall–Kier alpha value is -3.09. The Bertz CT molecular complexity index is 1080. The molecule has 0 aromatic heterocycles. The Morgan fingerprint density at radius 1 is 1.08 bits per heavy atom. The molecule has 194 valence electrons. The molecule has 1 aromatic rings. The second-order valence-electron chi connectivity index (χ2n) is 10.1. The van der Waals surface area contributed by atoms with E-state index in [2.05, 4.69) is 24.1 Å². The number of dihydropyridines is 1. The topological polar surface area (TPSA) is 84.9 Å². The third kappa shape index (κ3) is 4.80. The molecule has 3 aliphatic rings. The summed E-state index contributed by atoms with van der Waals surface area (Å²) in [5, 5.41) is 3.34. The fourth-order valence-corrected chi connectivity index (χ4v) is 5.97. The number of ketones is 1. The highest BCUT2D eigenvalue weighted by molar-refractivity contribution is 6.12. The molecule has 7 nitrogen and oxygen atoms in total. The van der Waals surface area contributed by atoms with Crippen LogP contribution >= 0.6 is 0 Å². The molecule has 0 amide bonds. The van der Waals surface area contributed by atoms with Gasteiger partial charge in [-0.25, -0.2) is 4.79 Å². The van der Waals surface area contributed by atoms with Crippen LogP contribution in [0.15, 0.2) is 46.8 Å². The normalized spacial score (nSPS) is 24.4. The first-order valence-electron chi connectivity index (χ1n) is 13.2. The summed E-state index contributed by atoms with van der Waals surface area (Å²) in [5.74, 6) is -2.90. The molecular weight excluding hydrogens is 456 g/mol. The van der Waals surface area contributed by atoms with Crippen LogP contribution in [0.3, 0.4) is 0 Å². The number of allylic oxidation sites excluding steroid dienone is 3. The summed E-state index contributed by atoms with van der Waals surface area (Å²) < 4.78 is 10.9. The van der Waals surface area contributed by atoms with Crippen molar-refractivity contribution in [2.45, 2.75) is 71.8 Å². The maximum atomic E-state index is 13.9. The van der Waals surface area contributed by atoms with Crippen LogP contribution in [0.4, 0.5) is 5.69 Å². The Labute approximate surface area is 213 Å². The molecule has 4 rings (SSSR count). The molecule has 1 saturated carbocycles. The number of ether oxygens (including phenoxy) is 2. The van der Waals surface area contributed by atoms with Crippen LogP contribution in [-0.4, -0.2) is 44.0 Å². The number of nitrogens with one attached hydrogen (secondary N) is 1. The Morgan fingerprint density at radius 2 is 1.72 bits per heavy atom. The molecule has 7 heteroatoms. The molecular formula is C29H38N2O5. The van der Waals surface area contributed by atoms with Crippen molar-refractivity contribution in [1.82, 2.24) is 5.32 Å². The fourth-order valence-electron chi connectivity index (χ4n) is 5.97. The van der Waals surface area contributed by atoms with Gasteiger partial charge in [0.2, 0.25) is 0 Å². The van der Waals surface area contributed by atoms with Crippen molar-refractivity contribution in [3.05, 3.63) is 52.4 Å². The minimum Gasteiger partial charge on any atom is -0.468 e. The molecule has 0 bridgehead atoms. The molecule has 3 atom stereocenters. The molecule has 1 fully saturated rings. The number of hydrogen-bond acceptors (Lipinski definition) is 7. The second kappa shape index (κ2) is 10.9. The number of anilines is 1. The summed E-state index contributed by atoms with van der Waals surface area (Å²) in [6.07, 6.45) is 4.27. The van der Waals surface area contributed by atoms with Gasteiger partial charge < -0.3 is 19.7 Å². The number of nitrogens with zero attached hydrogens (tertiary/aromatic N) is 1. The van der Waals surface area contributed by atoms with Crippen molar-refractivity contribution in [2.24, 2.45) is 11.8 Å². The van der Waals surface area contributed by atoms with E-state index < -0.39 is 23.8 Å². The monoisotopic (exact) mass is 494 g/mol. The number of rotatable bonds is 7. The molecule has 0 radical (unpaired) electrons. The van der Waals surface area contributed by atoms with Gasteiger partial charge in [-0.05, 0) is 76.5 Å². The number of methoxy groups -OCH3 is 1. The number of esters is 2. The maximum absolute atomic E-state index is 13.9. The van der Waals surface area contributed by atoms with Crippen LogP contribution < -0.4 is 10.2 Å². The smallest absolute Gasteiger partial charge is 0.337 e. The van der Waals surface area contributed by atoms with E-state index in [9.17, 15) is 14.4 Å². The molecule has 2 aliphatic carbocycles. The minimum absolute atomic E-state index is 0.0937. The first-order valence-corrected chi connectivity index (χ1v) is 13.2. The van der Waals surface area contributed by atoms with Crippen LogP contribution in [0, 0.1) is 11.8 Å². The lowest BCUT2D eigenvalue weighted by Gasteiger charge is -2.38. The van der Waals surface area contributed by atoms with E-state index in [0.29, 0.717) is 23.3 Å². The lowest BCUT2D eigenvalue weighted by molar-refractivity contribution is -0.151. The van der Waals surface area contributed by atoms with Crippen LogP contribution in [0.1, 0.15) is 71.3 Å². The average molecular weight is 495 g/mol. The Balaban J connectivity index is 1.79. The molecule has 36 heavy (non-hydrogen) atoms. The SMILES string of the molecule is CCN(CC)c1ccc([C@@H]2C(C(=O)OC3CCCC3)=C(C)NC3=C2C(=O)[C@H](C(=O)OC)[C@H](C)C3)cc1. The van der Waals surface area contributed by atoms with Gasteiger partial charge in [0.05, 0.1) is 12.7 Å². The lowest BCUT2D eigenvalue weighted by Crippen LogP contribution is -2.43. The van der Waals surface area contributed by atoms with E-state index in [1.54, 1.807) is 0 Å². The number of hydrogen-bond donors (Lipinski definition) is 1. The van der Waals surface area contributed by atoms with Gasteiger partial charge in [-0.2, -0.15) is 0 Å². The van der Waals surface area contributed by atoms with Gasteiger partial charge in [0, 0.05) is 41.7 Å². The lowest BCUT2D eigenvalue weighted by atomic mass is 9.69. The first kappa shape index (κ1) is 26.0. The van der Waals surface area contributed by atoms with Gasteiger partial charge >= 0.3 is 11.9 Å². The maximum Gasteiger partial charge on any atom is 0.337 e. The third-order valence-electron chi connectivity index (χ3n) is 7.89. The van der Waals surface area contributed by atoms with E-state index in [1.165, 1.54) is 7.11 Å². The summed E-state index contributed by atoms with van der Waals surface area (Å²) in [6.45, 7) is 9.75. The number of Topliss-reactive ketones (excluding diaryl/α,β-unsaturated/α-hetero) is 1. The van der Waals surface area contributed by atoms with Crippen molar-refractivity contribution in [2.75, 3.05) is 25.1 Å². The first-order chi connectivity index (χ1) is 17.3. The van der Waals surface area contributed by atoms with Crippen LogP contribution in [0.25, 0.3) is 0 Å². The van der Waals surface area contributed by atoms with Crippen LogP contribution in [-0.2, 0) is 23.9 Å². The van der Waals surface area contributed by atoms with Gasteiger partial charge in [0.1, 0.15) is 12.0 Å². The second-order valence-corrected chi connectivity index (χ2v) is 10.1. The highest BCUT2D eigenvalue weighted by Gasteiger charge is 2.47. The van der Waals surface area contributed by atoms with Crippen molar-refractivity contribution < 1.29 is 23.9 Å². The average Bonchev–Trinajstić information content (AvgIpc) is 3.37. The van der Waals surface area contributed by atoms with Gasteiger partial charge in [-0.15, -0.1) is 0 Å². The summed E-state index contributed by atoms with van der Waals surface area (Å²) in [5.41, 5.74) is 4.32. The zero-order chi connectivity index (χ0) is 26.0. The fraction of sp³-hybridized carbons (Fsp3) is 0.552. The zero-order valence-corrected chi connectivity index (χ0v) is 22.1. The van der Waals surface area contributed by atoms with E-state index in [0.717, 1.165) is 55.7 Å².